The lowest BCUT2D eigenvalue weighted by atomic mass is 9.35. The fraction of sp³-hybridized carbons (Fsp3) is 0.784. The van der Waals surface area contributed by atoms with Gasteiger partial charge in [-0.15, -0.1) is 0 Å². The fourth-order valence-electron chi connectivity index (χ4n) is 11.2. The largest absolute Gasteiger partial charge is 0.468 e. The van der Waals surface area contributed by atoms with E-state index in [9.17, 15) is 19.2 Å². The molecule has 0 spiro atoms. The quantitative estimate of drug-likeness (QED) is 0.240. The molecule has 9 atom stereocenters. The van der Waals surface area contributed by atoms with Crippen LogP contribution in [-0.4, -0.2) is 49.8 Å². The lowest BCUT2D eigenvalue weighted by molar-refractivity contribution is -0.247. The van der Waals surface area contributed by atoms with Gasteiger partial charge < -0.3 is 18.9 Å². The van der Waals surface area contributed by atoms with Crippen LogP contribution in [0.2, 0.25) is 0 Å². The van der Waals surface area contributed by atoms with E-state index in [0.717, 1.165) is 44.9 Å². The first-order valence-electron chi connectivity index (χ1n) is 16.8. The van der Waals surface area contributed by atoms with E-state index in [4.69, 9.17) is 18.9 Å². The van der Waals surface area contributed by atoms with Gasteiger partial charge in [0, 0.05) is 26.2 Å². The van der Waals surface area contributed by atoms with E-state index in [0.29, 0.717) is 6.42 Å². The summed E-state index contributed by atoms with van der Waals surface area (Å²) in [5, 5.41) is 0. The van der Waals surface area contributed by atoms with Gasteiger partial charge in [0.25, 0.3) is 0 Å². The predicted octanol–water partition coefficient (Wildman–Crippen LogP) is 6.90. The minimum atomic E-state index is -0.779. The number of fused-ring (bicyclic) bond motifs is 6. The fourth-order valence-corrected chi connectivity index (χ4v) is 11.2. The van der Waals surface area contributed by atoms with Crippen molar-refractivity contribution in [2.75, 3.05) is 13.7 Å². The highest BCUT2D eigenvalue weighted by atomic mass is 16.6. The van der Waals surface area contributed by atoms with Crippen LogP contribution in [0.5, 0.6) is 0 Å². The topological polar surface area (TPSA) is 105 Å². The third-order valence-electron chi connectivity index (χ3n) is 13.5. The zero-order valence-electron chi connectivity index (χ0n) is 29.1. The van der Waals surface area contributed by atoms with Crippen LogP contribution in [-0.2, 0) is 38.1 Å². The molecule has 0 saturated heterocycles. The Kier molecular flexibility index (Phi) is 8.22. The van der Waals surface area contributed by atoms with Crippen LogP contribution in [0.3, 0.4) is 0 Å². The van der Waals surface area contributed by atoms with Crippen LogP contribution in [0.25, 0.3) is 0 Å². The Hall–Kier alpha value is -2.64. The maximum absolute atomic E-state index is 13.5. The van der Waals surface area contributed by atoms with Crippen molar-refractivity contribution < 1.29 is 38.1 Å². The Morgan fingerprint density at radius 1 is 0.844 bits per heavy atom. The first kappa shape index (κ1) is 33.7. The molecule has 0 radical (unpaired) electrons. The van der Waals surface area contributed by atoms with E-state index in [-0.39, 0.29) is 46.1 Å². The van der Waals surface area contributed by atoms with Crippen molar-refractivity contribution in [1.29, 1.82) is 0 Å². The van der Waals surface area contributed by atoms with Crippen LogP contribution in [0, 0.1) is 44.3 Å². The van der Waals surface area contributed by atoms with E-state index >= 15 is 0 Å². The molecular weight excluding hydrogens is 572 g/mol. The van der Waals surface area contributed by atoms with Gasteiger partial charge in [0.05, 0.1) is 12.5 Å². The number of methoxy groups -OCH3 is 1. The molecule has 5 aliphatic carbocycles. The maximum atomic E-state index is 13.5. The number of esters is 4. The number of ether oxygens (including phenoxy) is 4. The van der Waals surface area contributed by atoms with E-state index in [1.807, 2.05) is 6.92 Å². The highest BCUT2D eigenvalue weighted by Gasteiger charge is 2.70. The molecule has 5 rings (SSSR count). The Bertz CT molecular complexity index is 1340. The van der Waals surface area contributed by atoms with Crippen LogP contribution in [0.4, 0.5) is 0 Å². The monoisotopic (exact) mass is 626 g/mol. The van der Waals surface area contributed by atoms with Crippen molar-refractivity contribution in [3.63, 3.8) is 0 Å². The number of carbonyl (C=O) groups is 4. The molecular formula is C37H54O8. The van der Waals surface area contributed by atoms with Gasteiger partial charge in [-0.2, -0.15) is 0 Å². The maximum Gasteiger partial charge on any atom is 0.315 e. The Labute approximate surface area is 269 Å². The molecule has 3 fully saturated rings. The van der Waals surface area contributed by atoms with Gasteiger partial charge in [-0.1, -0.05) is 53.7 Å². The van der Waals surface area contributed by atoms with E-state index in [1.54, 1.807) is 0 Å². The summed E-state index contributed by atoms with van der Waals surface area (Å²) in [7, 11) is 1.52. The van der Waals surface area contributed by atoms with Crippen LogP contribution < -0.4 is 0 Å². The van der Waals surface area contributed by atoms with Crippen LogP contribution >= 0.6 is 0 Å². The van der Waals surface area contributed by atoms with Crippen LogP contribution in [0.15, 0.2) is 23.3 Å². The SMILES string of the molecule is COC(=O)[C@]12CCC(C)(C)CC1=C1C=C[C@@H]3[C@@]4(C)C[C@@H](OC(C)=O)[C@@H](OC(C)=O)[C@](C)(COC(C)=O)[C@@H]4CC[C@@]3(C)[C@]1(C)CC2. The number of rotatable bonds is 5. The van der Waals surface area contributed by atoms with Crippen molar-refractivity contribution in [3.05, 3.63) is 23.3 Å². The highest BCUT2D eigenvalue weighted by molar-refractivity contribution is 5.82. The minimum absolute atomic E-state index is 0.0207. The predicted molar refractivity (Wildman–Crippen MR) is 168 cm³/mol. The number of allylic oxidation sites excluding steroid dienone is 3. The molecule has 0 aromatic carbocycles. The van der Waals surface area contributed by atoms with Crippen molar-refractivity contribution in [2.45, 2.75) is 126 Å². The summed E-state index contributed by atoms with van der Waals surface area (Å²) in [6.45, 7) is 18.0. The van der Waals surface area contributed by atoms with Gasteiger partial charge >= 0.3 is 23.9 Å². The van der Waals surface area contributed by atoms with E-state index in [1.165, 1.54) is 39.0 Å². The molecule has 0 unspecified atom stereocenters. The highest BCUT2D eigenvalue weighted by Crippen LogP contribution is 2.74. The summed E-state index contributed by atoms with van der Waals surface area (Å²) in [6.07, 6.45) is 9.86. The second-order valence-electron chi connectivity index (χ2n) is 16.7. The van der Waals surface area contributed by atoms with Crippen LogP contribution in [0.1, 0.15) is 114 Å². The molecule has 0 amide bonds. The van der Waals surface area contributed by atoms with Gasteiger partial charge in [0.15, 0.2) is 0 Å². The summed E-state index contributed by atoms with van der Waals surface area (Å²) in [5.74, 6) is -1.27. The lowest BCUT2D eigenvalue weighted by Gasteiger charge is -2.70. The van der Waals surface area contributed by atoms with Crippen molar-refractivity contribution in [2.24, 2.45) is 44.3 Å². The average molecular weight is 627 g/mol. The summed E-state index contributed by atoms with van der Waals surface area (Å²) >= 11 is 0. The lowest BCUT2D eigenvalue weighted by Crippen LogP contribution is -2.68. The van der Waals surface area contributed by atoms with Crippen molar-refractivity contribution >= 4 is 23.9 Å². The third-order valence-corrected chi connectivity index (χ3v) is 13.5. The van der Waals surface area contributed by atoms with E-state index in [2.05, 4.69) is 46.8 Å². The Balaban J connectivity index is 1.68. The first-order chi connectivity index (χ1) is 20.8. The summed E-state index contributed by atoms with van der Waals surface area (Å²) in [4.78, 5) is 50.5. The number of carbonyl (C=O) groups excluding carboxylic acids is 4. The zero-order valence-corrected chi connectivity index (χ0v) is 29.1. The Morgan fingerprint density at radius 3 is 2.09 bits per heavy atom. The molecule has 0 N–H and O–H groups in total. The second kappa shape index (κ2) is 11.0. The smallest absolute Gasteiger partial charge is 0.315 e. The molecule has 0 aromatic heterocycles. The van der Waals surface area contributed by atoms with Crippen molar-refractivity contribution in [1.82, 2.24) is 0 Å². The summed E-state index contributed by atoms with van der Waals surface area (Å²) in [6, 6.07) is 0. The van der Waals surface area contributed by atoms with Gasteiger partial charge in [-0.05, 0) is 96.0 Å². The number of hydrogen-bond donors (Lipinski definition) is 0. The normalized spacial score (nSPS) is 43.1. The van der Waals surface area contributed by atoms with Gasteiger partial charge in [0.1, 0.15) is 18.8 Å². The molecule has 0 aromatic rings. The standard InChI is InChI=1S/C37H54O8/c1-22(38)43-21-34(7)28-13-14-36(9)29(33(28,6)20-27(44-23(2)39)30(34)45-24(3)40)12-11-25-26-19-32(4,5)15-17-37(26,31(41)42-10)18-16-35(25,36)8/h11-12,27-30H,13-21H2,1-10H3/t27-,28-,29-,30-,33+,34-,35-,36-,37+/m1/s1. The summed E-state index contributed by atoms with van der Waals surface area (Å²) < 4.78 is 23.1. The molecule has 5 aliphatic rings. The van der Waals surface area contributed by atoms with Gasteiger partial charge in [0.2, 0.25) is 0 Å². The second-order valence-corrected chi connectivity index (χ2v) is 16.7. The third kappa shape index (κ3) is 4.99. The average Bonchev–Trinajstić information content (AvgIpc) is 2.93. The molecule has 0 heterocycles. The Morgan fingerprint density at radius 2 is 1.49 bits per heavy atom. The summed E-state index contributed by atoms with van der Waals surface area (Å²) in [5.41, 5.74) is 0.611. The van der Waals surface area contributed by atoms with E-state index < -0.39 is 40.9 Å². The molecule has 8 nitrogen and oxygen atoms in total. The molecule has 8 heteroatoms. The van der Waals surface area contributed by atoms with Gasteiger partial charge in [-0.25, -0.2) is 0 Å². The molecule has 250 valence electrons. The van der Waals surface area contributed by atoms with Crippen molar-refractivity contribution in [3.8, 4) is 0 Å². The molecule has 0 bridgehead atoms. The first-order valence-corrected chi connectivity index (χ1v) is 16.8. The number of hydrogen-bond acceptors (Lipinski definition) is 8. The van der Waals surface area contributed by atoms with Gasteiger partial charge in [-0.3, -0.25) is 19.2 Å². The molecule has 3 saturated carbocycles. The molecule has 45 heavy (non-hydrogen) atoms. The minimum Gasteiger partial charge on any atom is -0.468 e. The zero-order chi connectivity index (χ0) is 33.4. The molecule has 0 aliphatic heterocycles.